The van der Waals surface area contributed by atoms with Gasteiger partial charge in [-0.3, -0.25) is 9.59 Å². The molecule has 0 N–H and O–H groups in total. The second-order valence-corrected chi connectivity index (χ2v) is 5.84. The molecule has 19 heavy (non-hydrogen) atoms. The maximum atomic E-state index is 12.6. The average molecular weight is 265 g/mol. The smallest absolute Gasteiger partial charge is 0.307 e. The summed E-state index contributed by atoms with van der Waals surface area (Å²) in [5.41, 5.74) is 0. The first-order chi connectivity index (χ1) is 9.02. The van der Waals surface area contributed by atoms with Crippen LogP contribution < -0.4 is 0 Å². The van der Waals surface area contributed by atoms with Gasteiger partial charge in [0.1, 0.15) is 0 Å². The Balaban J connectivity index is 1.97. The van der Waals surface area contributed by atoms with Crippen molar-refractivity contribution in [3.8, 4) is 0 Å². The summed E-state index contributed by atoms with van der Waals surface area (Å²) in [6.07, 6.45) is 6.80. The zero-order valence-electron chi connectivity index (χ0n) is 12.0. The summed E-state index contributed by atoms with van der Waals surface area (Å²) in [7, 11) is 1.38. The molecule has 4 heteroatoms. The second kappa shape index (κ2) is 5.76. The Bertz CT molecular complexity index is 389. The van der Waals surface area contributed by atoms with Gasteiger partial charge in [-0.2, -0.15) is 0 Å². The third kappa shape index (κ3) is 2.99. The van der Waals surface area contributed by atoms with Crippen molar-refractivity contribution in [3.63, 3.8) is 0 Å². The van der Waals surface area contributed by atoms with Crippen LogP contribution in [0.2, 0.25) is 0 Å². The fraction of sp³-hybridized carbons (Fsp3) is 0.733. The van der Waals surface area contributed by atoms with Gasteiger partial charge in [0.05, 0.1) is 13.5 Å². The molecule has 0 aromatic heterocycles. The molecule has 2 rings (SSSR count). The van der Waals surface area contributed by atoms with Gasteiger partial charge >= 0.3 is 5.97 Å². The number of ether oxygens (including phenoxy) is 1. The number of hydrogen-bond donors (Lipinski definition) is 0. The largest absolute Gasteiger partial charge is 0.469 e. The molecule has 0 aromatic rings. The lowest BCUT2D eigenvalue weighted by molar-refractivity contribution is -0.143. The molecular weight excluding hydrogens is 242 g/mol. The van der Waals surface area contributed by atoms with Crippen LogP contribution in [-0.4, -0.2) is 36.5 Å². The molecule has 0 aliphatic heterocycles. The Morgan fingerprint density at radius 2 is 2.05 bits per heavy atom. The third-order valence-electron chi connectivity index (χ3n) is 4.29. The average Bonchev–Trinajstić information content (AvgIpc) is 3.00. The topological polar surface area (TPSA) is 46.6 Å². The molecule has 1 saturated carbocycles. The molecule has 2 aliphatic carbocycles. The van der Waals surface area contributed by atoms with Crippen LogP contribution in [0.3, 0.4) is 0 Å². The summed E-state index contributed by atoms with van der Waals surface area (Å²) in [6, 6.07) is 0.125. The summed E-state index contributed by atoms with van der Waals surface area (Å²) in [4.78, 5) is 25.7. The Labute approximate surface area is 114 Å². The molecule has 1 amide bonds. The fourth-order valence-corrected chi connectivity index (χ4v) is 3.21. The molecule has 0 aromatic carbocycles. The number of nitrogens with zero attached hydrogens (tertiary/aromatic N) is 1. The predicted octanol–water partition coefficient (Wildman–Crippen LogP) is 2.00. The van der Waals surface area contributed by atoms with Crippen LogP contribution in [0.5, 0.6) is 0 Å². The van der Waals surface area contributed by atoms with Crippen molar-refractivity contribution in [2.75, 3.05) is 13.7 Å². The van der Waals surface area contributed by atoms with E-state index in [4.69, 9.17) is 0 Å². The van der Waals surface area contributed by atoms with Crippen molar-refractivity contribution in [2.24, 2.45) is 17.8 Å². The number of fused-ring (bicyclic) bond motifs is 2. The number of rotatable bonds is 5. The first-order valence-electron chi connectivity index (χ1n) is 7.08. The van der Waals surface area contributed by atoms with Gasteiger partial charge < -0.3 is 9.64 Å². The number of carbonyl (C=O) groups excluding carboxylic acids is 2. The zero-order chi connectivity index (χ0) is 14.0. The number of hydrogen-bond acceptors (Lipinski definition) is 3. The third-order valence-corrected chi connectivity index (χ3v) is 4.29. The molecule has 0 spiro atoms. The van der Waals surface area contributed by atoms with E-state index in [1.807, 2.05) is 18.7 Å². The zero-order valence-corrected chi connectivity index (χ0v) is 12.0. The molecular formula is C15H23NO3. The molecule has 2 bridgehead atoms. The minimum absolute atomic E-state index is 0.120. The number of carbonyl (C=O) groups is 2. The Hall–Kier alpha value is -1.32. The van der Waals surface area contributed by atoms with Crippen molar-refractivity contribution < 1.29 is 14.3 Å². The van der Waals surface area contributed by atoms with Crippen LogP contribution in [-0.2, 0) is 14.3 Å². The SMILES string of the molecule is COC(=O)CCN(C(=O)[C@@H]1C[C@H]2C=C[C@@H]1C2)C(C)C. The van der Waals surface area contributed by atoms with Crippen molar-refractivity contribution in [1.82, 2.24) is 4.90 Å². The van der Waals surface area contributed by atoms with Gasteiger partial charge in [-0.25, -0.2) is 0 Å². The Kier molecular flexibility index (Phi) is 4.27. The molecule has 2 aliphatic rings. The van der Waals surface area contributed by atoms with Crippen LogP contribution in [0.1, 0.15) is 33.1 Å². The van der Waals surface area contributed by atoms with Crippen LogP contribution in [0.4, 0.5) is 0 Å². The van der Waals surface area contributed by atoms with E-state index in [9.17, 15) is 9.59 Å². The highest BCUT2D eigenvalue weighted by Gasteiger charge is 2.41. The van der Waals surface area contributed by atoms with E-state index >= 15 is 0 Å². The monoisotopic (exact) mass is 265 g/mol. The van der Waals surface area contributed by atoms with Crippen LogP contribution in [0.15, 0.2) is 12.2 Å². The molecule has 4 nitrogen and oxygen atoms in total. The van der Waals surface area contributed by atoms with Crippen LogP contribution >= 0.6 is 0 Å². The molecule has 0 saturated heterocycles. The first kappa shape index (κ1) is 14.1. The summed E-state index contributed by atoms with van der Waals surface area (Å²) >= 11 is 0. The van der Waals surface area contributed by atoms with Crippen LogP contribution in [0.25, 0.3) is 0 Å². The van der Waals surface area contributed by atoms with Gasteiger partial charge in [0.15, 0.2) is 0 Å². The van der Waals surface area contributed by atoms with Crippen LogP contribution in [0, 0.1) is 17.8 Å². The van der Waals surface area contributed by atoms with E-state index in [0.717, 1.165) is 12.8 Å². The lowest BCUT2D eigenvalue weighted by atomic mass is 9.91. The lowest BCUT2D eigenvalue weighted by Crippen LogP contribution is -2.43. The normalized spacial score (nSPS) is 27.9. The molecule has 0 unspecified atom stereocenters. The van der Waals surface area contributed by atoms with Gasteiger partial charge in [0.25, 0.3) is 0 Å². The number of amides is 1. The molecule has 1 fully saturated rings. The predicted molar refractivity (Wildman–Crippen MR) is 72.3 cm³/mol. The maximum absolute atomic E-state index is 12.6. The van der Waals surface area contributed by atoms with E-state index in [0.29, 0.717) is 18.4 Å². The highest BCUT2D eigenvalue weighted by Crippen LogP contribution is 2.44. The van der Waals surface area contributed by atoms with Crippen molar-refractivity contribution >= 4 is 11.9 Å². The van der Waals surface area contributed by atoms with E-state index < -0.39 is 0 Å². The highest BCUT2D eigenvalue weighted by atomic mass is 16.5. The quantitative estimate of drug-likeness (QED) is 0.564. The molecule has 3 atom stereocenters. The van der Waals surface area contributed by atoms with E-state index in [1.54, 1.807) is 0 Å². The Morgan fingerprint density at radius 3 is 2.53 bits per heavy atom. The minimum atomic E-state index is -0.258. The van der Waals surface area contributed by atoms with E-state index in [1.165, 1.54) is 7.11 Å². The van der Waals surface area contributed by atoms with Gasteiger partial charge in [-0.1, -0.05) is 12.2 Å². The van der Waals surface area contributed by atoms with Crippen molar-refractivity contribution in [3.05, 3.63) is 12.2 Å². The minimum Gasteiger partial charge on any atom is -0.469 e. The summed E-state index contributed by atoms with van der Waals surface area (Å²) in [5.74, 6) is 1.07. The summed E-state index contributed by atoms with van der Waals surface area (Å²) < 4.78 is 4.65. The molecule has 0 heterocycles. The Morgan fingerprint density at radius 1 is 1.32 bits per heavy atom. The van der Waals surface area contributed by atoms with Crippen molar-refractivity contribution in [1.29, 1.82) is 0 Å². The standard InChI is InChI=1S/C15H23NO3/c1-10(2)16(7-6-14(17)19-3)15(18)13-9-11-4-5-12(13)8-11/h4-5,10-13H,6-9H2,1-3H3/t11-,12+,13+/m0/s1. The van der Waals surface area contributed by atoms with Gasteiger partial charge in [0, 0.05) is 18.5 Å². The highest BCUT2D eigenvalue weighted by molar-refractivity contribution is 5.81. The maximum Gasteiger partial charge on any atom is 0.307 e. The number of allylic oxidation sites excluding steroid dienone is 2. The fourth-order valence-electron chi connectivity index (χ4n) is 3.21. The van der Waals surface area contributed by atoms with E-state index in [-0.39, 0.29) is 30.3 Å². The van der Waals surface area contributed by atoms with Gasteiger partial charge in [-0.15, -0.1) is 0 Å². The van der Waals surface area contributed by atoms with Gasteiger partial charge in [0.2, 0.25) is 5.91 Å². The van der Waals surface area contributed by atoms with Crippen molar-refractivity contribution in [2.45, 2.75) is 39.2 Å². The molecule has 106 valence electrons. The number of methoxy groups -OCH3 is 1. The first-order valence-corrected chi connectivity index (χ1v) is 7.08. The summed E-state index contributed by atoms with van der Waals surface area (Å²) in [5, 5.41) is 0. The van der Waals surface area contributed by atoms with E-state index in [2.05, 4.69) is 16.9 Å². The number of esters is 1. The summed E-state index contributed by atoms with van der Waals surface area (Å²) in [6.45, 7) is 4.46. The molecule has 0 radical (unpaired) electrons. The lowest BCUT2D eigenvalue weighted by Gasteiger charge is -2.31. The van der Waals surface area contributed by atoms with Gasteiger partial charge in [-0.05, 0) is 38.5 Å². The second-order valence-electron chi connectivity index (χ2n) is 5.84.